The van der Waals surface area contributed by atoms with Crippen LogP contribution in [-0.4, -0.2) is 0 Å². The minimum Gasteiger partial charge on any atom is -0.456 e. The highest BCUT2D eigenvalue weighted by Crippen LogP contribution is 2.59. The number of hydrogen-bond acceptors (Lipinski definition) is 3. The van der Waals surface area contributed by atoms with E-state index in [-0.39, 0.29) is 0 Å². The lowest BCUT2D eigenvalue weighted by atomic mass is 9.68. The Bertz CT molecular complexity index is 3680. The molecule has 0 amide bonds. The summed E-state index contributed by atoms with van der Waals surface area (Å²) in [4.78, 5) is 2.41. The molecule has 12 aromatic rings. The molecule has 0 aliphatic heterocycles. The van der Waals surface area contributed by atoms with Gasteiger partial charge in [-0.1, -0.05) is 182 Å². The zero-order chi connectivity index (χ0) is 42.2. The van der Waals surface area contributed by atoms with Crippen LogP contribution in [0.1, 0.15) is 22.3 Å². The number of fused-ring (bicyclic) bond motifs is 9. The van der Waals surface area contributed by atoms with Crippen LogP contribution in [0.25, 0.3) is 77.3 Å². The molecule has 0 radical (unpaired) electrons. The maximum atomic E-state index is 6.55. The first-order valence-electron chi connectivity index (χ1n) is 21.9. The summed E-state index contributed by atoms with van der Waals surface area (Å²) in [5.74, 6) is 0. The summed E-state index contributed by atoms with van der Waals surface area (Å²) in [5.41, 5.74) is 18.1. The molecule has 3 heteroatoms. The fourth-order valence-corrected chi connectivity index (χ4v) is 10.6. The number of nitrogens with zero attached hydrogens (tertiary/aromatic N) is 1. The fraction of sp³-hybridized carbons (Fsp3) is 0.0164. The molecule has 0 fully saturated rings. The number of para-hydroxylation sites is 2. The van der Waals surface area contributed by atoms with Gasteiger partial charge in [-0.2, -0.15) is 0 Å². The Hall–Kier alpha value is -8.40. The molecule has 13 rings (SSSR count). The minimum absolute atomic E-state index is 0.527. The van der Waals surface area contributed by atoms with Gasteiger partial charge in [0.25, 0.3) is 0 Å². The maximum Gasteiger partial charge on any atom is 0.143 e. The predicted octanol–water partition coefficient (Wildman–Crippen LogP) is 16.7. The molecule has 1 aliphatic rings. The quantitative estimate of drug-likeness (QED) is 0.160. The molecule has 0 N–H and O–H groups in total. The molecule has 0 atom stereocenters. The molecule has 10 aromatic carbocycles. The third kappa shape index (κ3) is 5.41. The van der Waals surface area contributed by atoms with Gasteiger partial charge < -0.3 is 13.7 Å². The smallest absolute Gasteiger partial charge is 0.143 e. The number of furan rings is 2. The summed E-state index contributed by atoms with van der Waals surface area (Å²) in [6.45, 7) is 0. The first kappa shape index (κ1) is 36.3. The minimum atomic E-state index is -0.527. The molecule has 2 aromatic heterocycles. The van der Waals surface area contributed by atoms with Gasteiger partial charge in [-0.3, -0.25) is 0 Å². The Morgan fingerprint density at radius 1 is 0.328 bits per heavy atom. The van der Waals surface area contributed by atoms with E-state index in [4.69, 9.17) is 8.83 Å². The van der Waals surface area contributed by atoms with E-state index in [1.807, 2.05) is 18.2 Å². The Morgan fingerprint density at radius 2 is 0.922 bits per heavy atom. The van der Waals surface area contributed by atoms with Crippen molar-refractivity contribution in [3.63, 3.8) is 0 Å². The Balaban J connectivity index is 1.00. The van der Waals surface area contributed by atoms with Crippen molar-refractivity contribution >= 4 is 60.9 Å². The van der Waals surface area contributed by atoms with Crippen molar-refractivity contribution in [1.82, 2.24) is 0 Å². The summed E-state index contributed by atoms with van der Waals surface area (Å²) >= 11 is 0. The van der Waals surface area contributed by atoms with Gasteiger partial charge in [-0.25, -0.2) is 0 Å². The van der Waals surface area contributed by atoms with Crippen LogP contribution in [0.5, 0.6) is 0 Å². The first-order chi connectivity index (χ1) is 31.7. The Kier molecular flexibility index (Phi) is 8.13. The lowest BCUT2D eigenvalue weighted by Crippen LogP contribution is -2.28. The highest BCUT2D eigenvalue weighted by atomic mass is 16.3. The molecular formula is C61H39NO2. The Morgan fingerprint density at radius 3 is 1.72 bits per heavy atom. The van der Waals surface area contributed by atoms with E-state index in [9.17, 15) is 0 Å². The molecule has 2 heterocycles. The molecule has 3 nitrogen and oxygen atoms in total. The molecule has 0 unspecified atom stereocenters. The van der Waals surface area contributed by atoms with Crippen LogP contribution in [0.15, 0.2) is 245 Å². The van der Waals surface area contributed by atoms with Crippen molar-refractivity contribution in [2.75, 3.05) is 4.90 Å². The van der Waals surface area contributed by atoms with Crippen LogP contribution >= 0.6 is 0 Å². The van der Waals surface area contributed by atoms with Crippen molar-refractivity contribution in [1.29, 1.82) is 0 Å². The molecule has 64 heavy (non-hydrogen) atoms. The van der Waals surface area contributed by atoms with Gasteiger partial charge in [-0.15, -0.1) is 0 Å². The third-order valence-electron chi connectivity index (χ3n) is 13.4. The summed E-state index contributed by atoms with van der Waals surface area (Å²) in [6, 6.07) is 85.2. The van der Waals surface area contributed by atoms with Gasteiger partial charge in [0.2, 0.25) is 0 Å². The number of benzene rings is 10. The van der Waals surface area contributed by atoms with Crippen LogP contribution in [-0.2, 0) is 5.41 Å². The van der Waals surface area contributed by atoms with E-state index in [2.05, 4.69) is 223 Å². The van der Waals surface area contributed by atoms with E-state index >= 15 is 0 Å². The van der Waals surface area contributed by atoms with Gasteiger partial charge in [0.15, 0.2) is 0 Å². The zero-order valence-electron chi connectivity index (χ0n) is 34.8. The van der Waals surface area contributed by atoms with Crippen molar-refractivity contribution < 1.29 is 8.83 Å². The van der Waals surface area contributed by atoms with Crippen LogP contribution in [0.2, 0.25) is 0 Å². The lowest BCUT2D eigenvalue weighted by molar-refractivity contribution is 0.669. The fourth-order valence-electron chi connectivity index (χ4n) is 10.6. The monoisotopic (exact) mass is 817 g/mol. The van der Waals surface area contributed by atoms with Gasteiger partial charge in [0.1, 0.15) is 22.3 Å². The molecule has 300 valence electrons. The molecule has 0 saturated heterocycles. The van der Waals surface area contributed by atoms with Crippen LogP contribution < -0.4 is 4.90 Å². The average molecular weight is 818 g/mol. The summed E-state index contributed by atoms with van der Waals surface area (Å²) in [5, 5.41) is 4.43. The zero-order valence-corrected chi connectivity index (χ0v) is 34.8. The van der Waals surface area contributed by atoms with E-state index in [1.165, 1.54) is 33.4 Å². The van der Waals surface area contributed by atoms with Crippen molar-refractivity contribution in [3.05, 3.63) is 259 Å². The van der Waals surface area contributed by atoms with Gasteiger partial charge in [0, 0.05) is 50.1 Å². The van der Waals surface area contributed by atoms with Crippen molar-refractivity contribution in [3.8, 4) is 33.4 Å². The SMILES string of the molecule is c1ccc(-c2cccc3c2oc2ccc(-c4ccc(N(c5ccc6c(c5)oc5ccccc56)c5cccc6c5-c5ccccc5C6(c5ccccc5)c5ccccc5)cc4)cc23)cc1. The van der Waals surface area contributed by atoms with Gasteiger partial charge in [0.05, 0.1) is 11.1 Å². The number of rotatable bonds is 7. The van der Waals surface area contributed by atoms with Gasteiger partial charge >= 0.3 is 0 Å². The number of hydrogen-bond donors (Lipinski definition) is 0. The highest BCUT2D eigenvalue weighted by molar-refractivity contribution is 6.11. The Labute approximate surface area is 370 Å². The second-order valence-corrected chi connectivity index (χ2v) is 16.7. The second-order valence-electron chi connectivity index (χ2n) is 16.7. The van der Waals surface area contributed by atoms with Gasteiger partial charge in [-0.05, 0) is 93.0 Å². The van der Waals surface area contributed by atoms with E-state index < -0.39 is 5.41 Å². The van der Waals surface area contributed by atoms with E-state index in [0.717, 1.165) is 83.2 Å². The molecule has 1 aliphatic carbocycles. The third-order valence-corrected chi connectivity index (χ3v) is 13.4. The summed E-state index contributed by atoms with van der Waals surface area (Å²) < 4.78 is 13.1. The van der Waals surface area contributed by atoms with E-state index in [0.29, 0.717) is 0 Å². The largest absolute Gasteiger partial charge is 0.456 e. The van der Waals surface area contributed by atoms with Crippen molar-refractivity contribution in [2.45, 2.75) is 5.41 Å². The molecular weight excluding hydrogens is 779 g/mol. The highest BCUT2D eigenvalue weighted by Gasteiger charge is 2.47. The normalized spacial score (nSPS) is 12.8. The second kappa shape index (κ2) is 14.3. The lowest BCUT2D eigenvalue weighted by Gasteiger charge is -2.34. The summed E-state index contributed by atoms with van der Waals surface area (Å²) in [7, 11) is 0. The average Bonchev–Trinajstić information content (AvgIpc) is 4.03. The molecule has 0 bridgehead atoms. The maximum absolute atomic E-state index is 6.55. The topological polar surface area (TPSA) is 29.5 Å². The van der Waals surface area contributed by atoms with Crippen LogP contribution in [0.3, 0.4) is 0 Å². The molecule has 0 spiro atoms. The summed E-state index contributed by atoms with van der Waals surface area (Å²) in [6.07, 6.45) is 0. The van der Waals surface area contributed by atoms with Crippen molar-refractivity contribution in [2.24, 2.45) is 0 Å². The standard InChI is InChI=1S/C61H39NO2/c1-4-16-41(17-5-1)47-24-14-25-50-52-38-42(32-37-57(52)64-60(47)50)40-30-33-45(34-31-40)62(46-35-36-49-48-22-11-13-29-56(48)63-58(49)39-46)55-28-15-27-54-59(55)51-23-10-12-26-53(51)61(54,43-18-6-2-7-19-43)44-20-8-3-9-21-44/h1-39H. The van der Waals surface area contributed by atoms with Crippen LogP contribution in [0.4, 0.5) is 17.1 Å². The molecule has 0 saturated carbocycles. The number of anilines is 3. The predicted molar refractivity (Wildman–Crippen MR) is 264 cm³/mol. The van der Waals surface area contributed by atoms with E-state index in [1.54, 1.807) is 0 Å². The first-order valence-corrected chi connectivity index (χ1v) is 21.9. The van der Waals surface area contributed by atoms with Crippen LogP contribution in [0, 0.1) is 0 Å².